The van der Waals surface area contributed by atoms with Gasteiger partial charge in [-0.1, -0.05) is 68.4 Å². The molecule has 20 nitrogen and oxygen atoms in total. The lowest BCUT2D eigenvalue weighted by Crippen LogP contribution is -2.35. The van der Waals surface area contributed by atoms with Crippen LogP contribution in [0.25, 0.3) is 33.1 Å². The van der Waals surface area contributed by atoms with Crippen LogP contribution in [0.4, 0.5) is 8.78 Å². The molecule has 470 valence electrons. The fraction of sp³-hybridized carbons (Fsp3) is 0.471. The highest BCUT2D eigenvalue weighted by atomic mass is 19.1. The van der Waals surface area contributed by atoms with E-state index in [0.717, 1.165) is 36.7 Å². The van der Waals surface area contributed by atoms with Gasteiger partial charge < -0.3 is 67.3 Å². The van der Waals surface area contributed by atoms with Crippen LogP contribution in [0.5, 0.6) is 0 Å². The van der Waals surface area contributed by atoms with Crippen LogP contribution in [0.15, 0.2) is 110 Å². The standard InChI is InChI=1S/C24H26FN3O3.C24H27N3O4.C20H20FN3O4/c1-13(15-6-4-14-5-7-16(14)10-15)19-20-21(31-24(2,3)30-20)23(29-19)28-9-8-17-18(11-25)26-12-27-22(17)28;1-13(15-6-4-14-5-7-16(14)10-15)19-20-21(31-24(2,3)30-20)23(29-19)27-9-8-17-18(11-28)25-12-26-22(17)27;21-8-14-13-5-6-24(19(13)23-9-22-14)20-17(27)16(26)18(28-20)15(25)12-4-2-10-1-3-11(10)7-12/h4,6,8-10,12-13,19-21,23H,5,7,11H2,1-3H3;4,6,8-10,12-13,19-21,23,28H,5,7,11H2,1-3H3;2,4-7,9,15-18,20,25-27H,1,3,8H2/t2*13-,19-,20-,21-,23-;15-,16+,17-,18-,20-/m111/s1. The largest absolute Gasteiger partial charge is 0.390 e. The Labute approximate surface area is 517 Å². The highest BCUT2D eigenvalue weighted by Gasteiger charge is 2.59. The normalized spacial score (nSPS) is 28.9. The maximum Gasteiger partial charge on any atom is 0.164 e. The Hall–Kier alpha value is -7.06. The molecule has 11 heterocycles. The maximum atomic E-state index is 13.4. The number of aliphatic hydroxyl groups excluding tert-OH is 4. The van der Waals surface area contributed by atoms with Crippen LogP contribution >= 0.6 is 0 Å². The molecule has 5 aliphatic heterocycles. The molecule has 0 radical (unpaired) electrons. The van der Waals surface area contributed by atoms with Crippen molar-refractivity contribution in [2.75, 3.05) is 0 Å². The predicted octanol–water partition coefficient (Wildman–Crippen LogP) is 8.82. The molecule has 0 unspecified atom stereocenters. The molecular weight excluding hydrogens is 1160 g/mol. The van der Waals surface area contributed by atoms with Crippen LogP contribution in [0.2, 0.25) is 0 Å². The van der Waals surface area contributed by atoms with Gasteiger partial charge in [-0.05, 0) is 134 Å². The Kier molecular flexibility index (Phi) is 15.1. The summed E-state index contributed by atoms with van der Waals surface area (Å²) in [6.07, 6.45) is 8.60. The van der Waals surface area contributed by atoms with Gasteiger partial charge in [0.1, 0.15) is 98.1 Å². The minimum atomic E-state index is -1.29. The number of aromatic nitrogens is 9. The number of aliphatic hydroxyl groups is 4. The molecule has 5 saturated heterocycles. The topological polar surface area (TPSA) is 238 Å². The fourth-order valence-electron chi connectivity index (χ4n) is 14.6. The lowest BCUT2D eigenvalue weighted by molar-refractivity contribution is -0.198. The summed E-state index contributed by atoms with van der Waals surface area (Å²) in [6, 6.07) is 24.7. The third-order valence-electron chi connectivity index (χ3n) is 19.8. The van der Waals surface area contributed by atoms with Crippen LogP contribution in [-0.2, 0) is 91.6 Å². The number of rotatable bonds is 12. The smallest absolute Gasteiger partial charge is 0.164 e. The molecule has 0 saturated carbocycles. The summed E-state index contributed by atoms with van der Waals surface area (Å²) >= 11 is 0. The van der Waals surface area contributed by atoms with Crippen molar-refractivity contribution in [2.24, 2.45) is 0 Å². The van der Waals surface area contributed by atoms with E-state index in [-0.39, 0.29) is 67.0 Å². The van der Waals surface area contributed by atoms with Crippen LogP contribution < -0.4 is 0 Å². The summed E-state index contributed by atoms with van der Waals surface area (Å²) in [4.78, 5) is 25.2. The number of fused-ring (bicyclic) bond motifs is 8. The van der Waals surface area contributed by atoms with Gasteiger partial charge in [0.05, 0.1) is 35.9 Å². The van der Waals surface area contributed by atoms with Crippen LogP contribution in [0.1, 0.15) is 145 Å². The third kappa shape index (κ3) is 10.1. The summed E-state index contributed by atoms with van der Waals surface area (Å²) in [5.41, 5.74) is 14.4. The molecule has 0 amide bonds. The van der Waals surface area contributed by atoms with Gasteiger partial charge in [0, 0.05) is 46.6 Å². The Morgan fingerprint density at radius 3 is 1.23 bits per heavy atom. The zero-order valence-electron chi connectivity index (χ0n) is 50.8. The van der Waals surface area contributed by atoms with E-state index in [0.29, 0.717) is 39.0 Å². The van der Waals surface area contributed by atoms with Crippen LogP contribution in [0, 0.1) is 0 Å². The molecule has 17 rings (SSSR count). The number of hydrogen-bond donors (Lipinski definition) is 4. The molecule has 0 spiro atoms. The Morgan fingerprint density at radius 1 is 0.467 bits per heavy atom. The van der Waals surface area contributed by atoms with Crippen molar-refractivity contribution in [3.8, 4) is 0 Å². The molecule has 3 aliphatic carbocycles. The van der Waals surface area contributed by atoms with E-state index >= 15 is 0 Å². The molecule has 90 heavy (non-hydrogen) atoms. The van der Waals surface area contributed by atoms with Crippen molar-refractivity contribution in [1.29, 1.82) is 0 Å². The zero-order valence-corrected chi connectivity index (χ0v) is 50.8. The van der Waals surface area contributed by atoms with Crippen molar-refractivity contribution < 1.29 is 62.4 Å². The number of nitrogens with zero attached hydrogens (tertiary/aromatic N) is 9. The van der Waals surface area contributed by atoms with Crippen molar-refractivity contribution >= 4 is 33.1 Å². The van der Waals surface area contributed by atoms with Crippen molar-refractivity contribution in [2.45, 2.75) is 203 Å². The molecule has 9 aromatic rings. The lowest BCUT2D eigenvalue weighted by atomic mass is 9.83. The van der Waals surface area contributed by atoms with E-state index in [1.165, 1.54) is 80.9 Å². The number of alkyl halides is 2. The van der Waals surface area contributed by atoms with Gasteiger partial charge in [-0.25, -0.2) is 38.7 Å². The third-order valence-corrected chi connectivity index (χ3v) is 19.8. The quantitative estimate of drug-likeness (QED) is 0.0894. The molecule has 0 bridgehead atoms. The molecule has 4 N–H and O–H groups in total. The van der Waals surface area contributed by atoms with Crippen molar-refractivity contribution in [3.05, 3.63) is 178 Å². The fourth-order valence-corrected chi connectivity index (χ4v) is 14.6. The summed E-state index contributed by atoms with van der Waals surface area (Å²) in [6.45, 7) is 10.7. The Bertz CT molecular complexity index is 4010. The first kappa shape index (κ1) is 59.3. The second-order valence-electron chi connectivity index (χ2n) is 26.0. The van der Waals surface area contributed by atoms with Gasteiger partial charge in [-0.15, -0.1) is 0 Å². The monoisotopic (exact) mass is 1230 g/mol. The predicted molar refractivity (Wildman–Crippen MR) is 323 cm³/mol. The summed E-state index contributed by atoms with van der Waals surface area (Å²) in [5, 5.41) is 43.5. The maximum absolute atomic E-state index is 13.4. The lowest BCUT2D eigenvalue weighted by Gasteiger charge is -2.29. The molecule has 22 heteroatoms. The number of halogens is 2. The average molecular weight is 1230 g/mol. The molecule has 15 atom stereocenters. The van der Waals surface area contributed by atoms with Gasteiger partial charge in [0.15, 0.2) is 30.3 Å². The van der Waals surface area contributed by atoms with E-state index in [1.54, 1.807) is 12.3 Å². The second-order valence-corrected chi connectivity index (χ2v) is 26.0. The zero-order chi connectivity index (χ0) is 62.1. The van der Waals surface area contributed by atoms with Gasteiger partial charge in [0.25, 0.3) is 0 Å². The van der Waals surface area contributed by atoms with E-state index in [9.17, 15) is 29.2 Å². The van der Waals surface area contributed by atoms with Gasteiger partial charge in [-0.2, -0.15) is 0 Å². The first-order chi connectivity index (χ1) is 43.5. The van der Waals surface area contributed by atoms with E-state index in [1.807, 2.05) is 79.6 Å². The minimum Gasteiger partial charge on any atom is -0.390 e. The van der Waals surface area contributed by atoms with Gasteiger partial charge in [-0.3, -0.25) is 0 Å². The molecule has 5 fully saturated rings. The highest BCUT2D eigenvalue weighted by Crippen LogP contribution is 2.50. The molecular formula is C68H73F2N9O11. The first-order valence-corrected chi connectivity index (χ1v) is 31.2. The molecule has 6 aromatic heterocycles. The van der Waals surface area contributed by atoms with Crippen molar-refractivity contribution in [3.63, 3.8) is 0 Å². The van der Waals surface area contributed by atoms with Crippen LogP contribution in [-0.4, -0.2) is 131 Å². The number of ether oxygens (including phenoxy) is 7. The summed E-state index contributed by atoms with van der Waals surface area (Å²) < 4.78 is 76.4. The Morgan fingerprint density at radius 2 is 0.833 bits per heavy atom. The van der Waals surface area contributed by atoms with E-state index < -0.39 is 61.8 Å². The van der Waals surface area contributed by atoms with Crippen molar-refractivity contribution in [1.82, 2.24) is 43.6 Å². The van der Waals surface area contributed by atoms with Gasteiger partial charge >= 0.3 is 0 Å². The average Bonchev–Trinajstić information content (AvgIpc) is 1.63. The number of hydrogen-bond acceptors (Lipinski definition) is 17. The van der Waals surface area contributed by atoms with Crippen LogP contribution in [0.3, 0.4) is 0 Å². The van der Waals surface area contributed by atoms with E-state index in [2.05, 4.69) is 80.1 Å². The molecule has 8 aliphatic rings. The Balaban J connectivity index is 0.000000113. The first-order valence-electron chi connectivity index (χ1n) is 31.2. The second kappa shape index (κ2) is 22.9. The molecule has 3 aromatic carbocycles. The van der Waals surface area contributed by atoms with Gasteiger partial charge in [0.2, 0.25) is 0 Å². The SMILES string of the molecule is C[C@H](c1ccc2c(c1)CC2)[C@H]1O[C@@H](n2ccc3c(CF)ncnc32)[C@@H]2OC(C)(C)O[C@@H]21.C[C@H](c1ccc2c(c1)CC2)[C@H]1O[C@@H](n2ccc3c(CO)ncnc32)[C@@H]2OC(C)(C)O[C@@H]21.O[C@@H]1[C@H](O)[C@@H]([C@H](O)c2ccc3c(c2)CC3)O[C@H]1n1ccc2c(CF)ncnc21. The van der Waals surface area contributed by atoms with E-state index in [4.69, 9.17) is 33.2 Å². The summed E-state index contributed by atoms with van der Waals surface area (Å²) in [5.74, 6) is -1.08. The highest BCUT2D eigenvalue weighted by molar-refractivity contribution is 5.80. The number of benzene rings is 3. The summed E-state index contributed by atoms with van der Waals surface area (Å²) in [7, 11) is 0. The number of aryl methyl sites for hydroxylation is 6. The minimum absolute atomic E-state index is 0.134.